The summed E-state index contributed by atoms with van der Waals surface area (Å²) in [7, 11) is 1.83. The van der Waals surface area contributed by atoms with Crippen LogP contribution in [0.1, 0.15) is 43.3 Å². The first-order chi connectivity index (χ1) is 10.1. The maximum Gasteiger partial charge on any atom is 0.128 e. The van der Waals surface area contributed by atoms with Gasteiger partial charge < -0.3 is 5.32 Å². The number of hydrogen-bond donors (Lipinski definition) is 1. The number of nitrogens with one attached hydrogen (secondary N) is 1. The lowest BCUT2D eigenvalue weighted by Crippen LogP contribution is -2.26. The normalized spacial score (nSPS) is 12.6. The molecule has 0 saturated carbocycles. The van der Waals surface area contributed by atoms with Crippen molar-refractivity contribution >= 4 is 0 Å². The Morgan fingerprint density at radius 2 is 2.00 bits per heavy atom. The zero-order chi connectivity index (χ0) is 15.4. The summed E-state index contributed by atoms with van der Waals surface area (Å²) >= 11 is 0. The van der Waals surface area contributed by atoms with Crippen LogP contribution in [0, 0.1) is 11.6 Å². The Morgan fingerprint density at radius 1 is 1.24 bits per heavy atom. The van der Waals surface area contributed by atoms with Gasteiger partial charge in [0.1, 0.15) is 11.6 Å². The average molecular weight is 293 g/mol. The highest BCUT2D eigenvalue weighted by atomic mass is 19.1. The summed E-state index contributed by atoms with van der Waals surface area (Å²) < 4.78 is 29.3. The van der Waals surface area contributed by atoms with Gasteiger partial charge in [-0.05, 0) is 43.7 Å². The summed E-state index contributed by atoms with van der Waals surface area (Å²) in [6.45, 7) is 4.77. The monoisotopic (exact) mass is 293 g/mol. The SMILES string of the molecule is CCCNC(c1cc(F)ccc1F)c1cc(CC)nn1C. The van der Waals surface area contributed by atoms with Crippen LogP contribution in [0.25, 0.3) is 0 Å². The van der Waals surface area contributed by atoms with Gasteiger partial charge in [-0.1, -0.05) is 13.8 Å². The van der Waals surface area contributed by atoms with E-state index in [1.807, 2.05) is 27.0 Å². The quantitative estimate of drug-likeness (QED) is 0.885. The molecule has 5 heteroatoms. The van der Waals surface area contributed by atoms with Crippen molar-refractivity contribution in [2.24, 2.45) is 7.05 Å². The van der Waals surface area contributed by atoms with Crippen molar-refractivity contribution in [1.29, 1.82) is 0 Å². The fourth-order valence-corrected chi connectivity index (χ4v) is 2.38. The Hall–Kier alpha value is -1.75. The van der Waals surface area contributed by atoms with E-state index >= 15 is 0 Å². The molecule has 21 heavy (non-hydrogen) atoms. The van der Waals surface area contributed by atoms with E-state index in [1.165, 1.54) is 12.1 Å². The summed E-state index contributed by atoms with van der Waals surface area (Å²) in [4.78, 5) is 0. The van der Waals surface area contributed by atoms with Crippen LogP contribution in [0.15, 0.2) is 24.3 Å². The van der Waals surface area contributed by atoms with Gasteiger partial charge in [-0.3, -0.25) is 4.68 Å². The van der Waals surface area contributed by atoms with Crippen molar-refractivity contribution in [3.05, 3.63) is 52.9 Å². The number of benzene rings is 1. The lowest BCUT2D eigenvalue weighted by molar-refractivity contribution is 0.512. The van der Waals surface area contributed by atoms with Crippen LogP contribution in [0.2, 0.25) is 0 Å². The summed E-state index contributed by atoms with van der Waals surface area (Å²) in [5.74, 6) is -0.850. The third-order valence-corrected chi connectivity index (χ3v) is 3.49. The summed E-state index contributed by atoms with van der Waals surface area (Å²) in [5.41, 5.74) is 2.09. The Kier molecular flexibility index (Phi) is 5.07. The summed E-state index contributed by atoms with van der Waals surface area (Å²) in [6.07, 6.45) is 1.71. The minimum atomic E-state index is -0.437. The van der Waals surface area contributed by atoms with Gasteiger partial charge in [-0.2, -0.15) is 5.10 Å². The third-order valence-electron chi connectivity index (χ3n) is 3.49. The van der Waals surface area contributed by atoms with Gasteiger partial charge >= 0.3 is 0 Å². The van der Waals surface area contributed by atoms with Crippen LogP contribution in [-0.2, 0) is 13.5 Å². The molecule has 0 aliphatic rings. The third kappa shape index (κ3) is 3.47. The van der Waals surface area contributed by atoms with Crippen LogP contribution in [-0.4, -0.2) is 16.3 Å². The molecule has 1 heterocycles. The van der Waals surface area contributed by atoms with E-state index in [4.69, 9.17) is 0 Å². The zero-order valence-electron chi connectivity index (χ0n) is 12.7. The maximum absolute atomic E-state index is 14.1. The van der Waals surface area contributed by atoms with Gasteiger partial charge in [0.05, 0.1) is 17.4 Å². The van der Waals surface area contributed by atoms with E-state index in [0.717, 1.165) is 30.3 Å². The molecule has 1 N–H and O–H groups in total. The van der Waals surface area contributed by atoms with E-state index < -0.39 is 17.7 Å². The molecule has 0 aliphatic heterocycles. The lowest BCUT2D eigenvalue weighted by Gasteiger charge is -2.20. The number of hydrogen-bond acceptors (Lipinski definition) is 2. The Balaban J connectivity index is 2.46. The first kappa shape index (κ1) is 15.6. The molecular weight excluding hydrogens is 272 g/mol. The van der Waals surface area contributed by atoms with Gasteiger partial charge in [0, 0.05) is 12.6 Å². The van der Waals surface area contributed by atoms with Gasteiger partial charge in [0.15, 0.2) is 0 Å². The molecule has 0 amide bonds. The highest BCUT2D eigenvalue weighted by Crippen LogP contribution is 2.26. The second kappa shape index (κ2) is 6.80. The molecule has 1 unspecified atom stereocenters. The number of rotatable bonds is 6. The minimum Gasteiger partial charge on any atom is -0.305 e. The summed E-state index contributed by atoms with van der Waals surface area (Å²) in [6, 6.07) is 5.09. The fraction of sp³-hybridized carbons (Fsp3) is 0.438. The molecule has 3 nitrogen and oxygen atoms in total. The van der Waals surface area contributed by atoms with Crippen LogP contribution in [0.4, 0.5) is 8.78 Å². The van der Waals surface area contributed by atoms with E-state index in [2.05, 4.69) is 10.4 Å². The molecule has 0 spiro atoms. The predicted octanol–water partition coefficient (Wildman–Crippen LogP) is 3.35. The topological polar surface area (TPSA) is 29.9 Å². The van der Waals surface area contributed by atoms with Gasteiger partial charge in [-0.15, -0.1) is 0 Å². The van der Waals surface area contributed by atoms with Crippen LogP contribution in [0.5, 0.6) is 0 Å². The van der Waals surface area contributed by atoms with E-state index in [9.17, 15) is 8.78 Å². The molecule has 2 rings (SSSR count). The van der Waals surface area contributed by atoms with E-state index in [1.54, 1.807) is 4.68 Å². The van der Waals surface area contributed by atoms with Crippen molar-refractivity contribution in [2.45, 2.75) is 32.7 Å². The molecular formula is C16H21F2N3. The van der Waals surface area contributed by atoms with Crippen molar-refractivity contribution in [3.8, 4) is 0 Å². The van der Waals surface area contributed by atoms with Crippen LogP contribution < -0.4 is 5.32 Å². The number of nitrogens with zero attached hydrogens (tertiary/aromatic N) is 2. The van der Waals surface area contributed by atoms with Crippen molar-refractivity contribution in [1.82, 2.24) is 15.1 Å². The maximum atomic E-state index is 14.1. The smallest absolute Gasteiger partial charge is 0.128 e. The lowest BCUT2D eigenvalue weighted by atomic mass is 10.0. The number of aromatic nitrogens is 2. The molecule has 1 atom stereocenters. The van der Waals surface area contributed by atoms with Gasteiger partial charge in [0.2, 0.25) is 0 Å². The second-order valence-corrected chi connectivity index (χ2v) is 5.09. The number of halogens is 2. The fourth-order valence-electron chi connectivity index (χ4n) is 2.38. The molecule has 0 radical (unpaired) electrons. The molecule has 0 saturated heterocycles. The Bertz CT molecular complexity index is 608. The van der Waals surface area contributed by atoms with E-state index in [-0.39, 0.29) is 0 Å². The average Bonchev–Trinajstić information content (AvgIpc) is 2.84. The molecule has 0 fully saturated rings. The largest absolute Gasteiger partial charge is 0.305 e. The van der Waals surface area contributed by atoms with Crippen LogP contribution >= 0.6 is 0 Å². The standard InChI is InChI=1S/C16H21F2N3/c1-4-8-19-16(13-9-11(17)6-7-14(13)18)15-10-12(5-2)20-21(15)3/h6-7,9-10,16,19H,4-5,8H2,1-3H3. The van der Waals surface area contributed by atoms with E-state index in [0.29, 0.717) is 12.1 Å². The minimum absolute atomic E-state index is 0.314. The first-order valence-corrected chi connectivity index (χ1v) is 7.28. The van der Waals surface area contributed by atoms with Gasteiger partial charge in [0.25, 0.3) is 0 Å². The molecule has 114 valence electrons. The molecule has 1 aromatic heterocycles. The van der Waals surface area contributed by atoms with Crippen molar-refractivity contribution in [3.63, 3.8) is 0 Å². The highest BCUT2D eigenvalue weighted by molar-refractivity contribution is 5.31. The van der Waals surface area contributed by atoms with Crippen molar-refractivity contribution < 1.29 is 8.78 Å². The first-order valence-electron chi connectivity index (χ1n) is 7.28. The Morgan fingerprint density at radius 3 is 2.62 bits per heavy atom. The Labute approximate surface area is 124 Å². The highest BCUT2D eigenvalue weighted by Gasteiger charge is 2.21. The van der Waals surface area contributed by atoms with Crippen molar-refractivity contribution in [2.75, 3.05) is 6.54 Å². The molecule has 0 bridgehead atoms. The predicted molar refractivity (Wildman–Crippen MR) is 79.1 cm³/mol. The van der Waals surface area contributed by atoms with Gasteiger partial charge in [-0.25, -0.2) is 8.78 Å². The zero-order valence-corrected chi connectivity index (χ0v) is 12.7. The second-order valence-electron chi connectivity index (χ2n) is 5.09. The molecule has 2 aromatic rings. The molecule has 1 aromatic carbocycles. The van der Waals surface area contributed by atoms with Crippen LogP contribution in [0.3, 0.4) is 0 Å². The molecule has 0 aliphatic carbocycles. The number of aryl methyl sites for hydroxylation is 2. The summed E-state index contributed by atoms with van der Waals surface area (Å²) in [5, 5.41) is 7.68.